The van der Waals surface area contributed by atoms with Crippen molar-refractivity contribution < 1.29 is 30.8 Å². The Morgan fingerprint density at radius 3 is 2.45 bits per heavy atom. The fourth-order valence-corrected chi connectivity index (χ4v) is 6.18. The van der Waals surface area contributed by atoms with E-state index in [-0.39, 0.29) is 24.0 Å². The lowest BCUT2D eigenvalue weighted by molar-refractivity contribution is -0.137. The fraction of sp³-hybridized carbons (Fsp3) is 0.194. The predicted octanol–water partition coefficient (Wildman–Crippen LogP) is 5.72. The molecule has 5 rings (SSSR count). The second kappa shape index (κ2) is 12.5. The van der Waals surface area contributed by atoms with Crippen LogP contribution in [-0.2, 0) is 27.5 Å². The van der Waals surface area contributed by atoms with Crippen LogP contribution in [0.4, 0.5) is 23.4 Å². The lowest BCUT2D eigenvalue weighted by atomic mass is 10.1. The van der Waals surface area contributed by atoms with Crippen LogP contribution >= 0.6 is 0 Å². The maximum atomic E-state index is 13.4. The Morgan fingerprint density at radius 2 is 1.80 bits per heavy atom. The van der Waals surface area contributed by atoms with E-state index in [0.29, 0.717) is 22.6 Å². The largest absolute Gasteiger partial charge is 0.416 e. The highest BCUT2D eigenvalue weighted by Gasteiger charge is 2.36. The Hall–Kier alpha value is -4.62. The van der Waals surface area contributed by atoms with Crippen molar-refractivity contribution in [1.29, 1.82) is 0 Å². The molecule has 2 aromatic carbocycles. The molecule has 0 saturated carbocycles. The van der Waals surface area contributed by atoms with E-state index in [0.717, 1.165) is 46.3 Å². The molecule has 0 fully saturated rings. The number of pyridine rings is 2. The van der Waals surface area contributed by atoms with Gasteiger partial charge in [0.1, 0.15) is 17.7 Å². The van der Waals surface area contributed by atoms with Gasteiger partial charge in [0.15, 0.2) is 0 Å². The molecule has 2 N–H and O–H groups in total. The molecule has 0 saturated heterocycles. The third-order valence-corrected chi connectivity index (χ3v) is 8.87. The molecule has 8 nitrogen and oxygen atoms in total. The smallest absolute Gasteiger partial charge is 0.363 e. The van der Waals surface area contributed by atoms with Gasteiger partial charge in [-0.15, -0.1) is 0 Å². The van der Waals surface area contributed by atoms with E-state index in [4.69, 9.17) is 0 Å². The van der Waals surface area contributed by atoms with Crippen LogP contribution < -0.4 is 10.6 Å². The standard InChI is InChI=1S/C31H27F4N5O3S/c1-20(23-4-2-14-36-19-23)38-29-17-21(16-27(39-29)22-6-8-24(9-7-22)31(33,34)35)18-37-30(41)28-5-3-15-40(28)44(42,43)26-12-10-25(32)11-13-26/h2-14,16-17,19-20,28H,15,18H2,1H3,(H,37,41)(H,38,39)/t20?,28-/m0/s1. The number of nitrogens with one attached hydrogen (secondary N) is 2. The van der Waals surface area contributed by atoms with Crippen LogP contribution in [0.1, 0.15) is 29.7 Å². The minimum Gasteiger partial charge on any atom is -0.363 e. The van der Waals surface area contributed by atoms with Crippen LogP contribution in [0.2, 0.25) is 0 Å². The molecule has 0 bridgehead atoms. The van der Waals surface area contributed by atoms with E-state index in [1.165, 1.54) is 18.2 Å². The first-order valence-electron chi connectivity index (χ1n) is 13.5. The van der Waals surface area contributed by atoms with Gasteiger partial charge < -0.3 is 10.6 Å². The highest BCUT2D eigenvalue weighted by Crippen LogP contribution is 2.31. The second-order valence-electron chi connectivity index (χ2n) is 10.1. The number of nitrogens with zero attached hydrogens (tertiary/aromatic N) is 3. The number of carbonyl (C=O) groups excluding carboxylic acids is 1. The molecule has 2 aromatic heterocycles. The minimum absolute atomic E-state index is 0.0281. The highest BCUT2D eigenvalue weighted by atomic mass is 32.2. The van der Waals surface area contributed by atoms with Crippen LogP contribution in [0.5, 0.6) is 0 Å². The number of aromatic nitrogens is 2. The summed E-state index contributed by atoms with van der Waals surface area (Å²) >= 11 is 0. The maximum absolute atomic E-state index is 13.4. The lowest BCUT2D eigenvalue weighted by Crippen LogP contribution is -2.45. The van der Waals surface area contributed by atoms with Crippen LogP contribution in [-0.4, -0.2) is 41.2 Å². The van der Waals surface area contributed by atoms with Gasteiger partial charge in [-0.05, 0) is 72.6 Å². The Balaban J connectivity index is 1.38. The molecule has 4 aromatic rings. The molecule has 1 amide bonds. The Labute approximate surface area is 251 Å². The zero-order valence-electron chi connectivity index (χ0n) is 23.3. The van der Waals surface area contributed by atoms with Crippen molar-refractivity contribution in [2.45, 2.75) is 36.6 Å². The van der Waals surface area contributed by atoms with Crippen molar-refractivity contribution in [1.82, 2.24) is 19.6 Å². The second-order valence-corrected chi connectivity index (χ2v) is 12.0. The Morgan fingerprint density at radius 1 is 1.07 bits per heavy atom. The van der Waals surface area contributed by atoms with Gasteiger partial charge in [0, 0.05) is 31.0 Å². The summed E-state index contributed by atoms with van der Waals surface area (Å²) < 4.78 is 80.2. The number of hydrogen-bond acceptors (Lipinski definition) is 6. The SMILES string of the molecule is CC(Nc1cc(CNC(=O)[C@@H]2C=CCN2S(=O)(=O)c2ccc(F)cc2)cc(-c2ccc(C(F)(F)F)cc2)n1)c1cccnc1. The van der Waals surface area contributed by atoms with Gasteiger partial charge in [0.05, 0.1) is 22.2 Å². The zero-order chi connectivity index (χ0) is 31.5. The van der Waals surface area contributed by atoms with Crippen molar-refractivity contribution >= 4 is 21.7 Å². The summed E-state index contributed by atoms with van der Waals surface area (Å²) in [6.07, 6.45) is 1.88. The monoisotopic (exact) mass is 625 g/mol. The number of carbonyl (C=O) groups is 1. The number of benzene rings is 2. The van der Waals surface area contributed by atoms with Crippen molar-refractivity contribution in [2.24, 2.45) is 0 Å². The first-order chi connectivity index (χ1) is 20.9. The highest BCUT2D eigenvalue weighted by molar-refractivity contribution is 7.89. The van der Waals surface area contributed by atoms with Gasteiger partial charge in [-0.2, -0.15) is 17.5 Å². The van der Waals surface area contributed by atoms with E-state index in [2.05, 4.69) is 20.6 Å². The van der Waals surface area contributed by atoms with E-state index in [1.807, 2.05) is 13.0 Å². The van der Waals surface area contributed by atoms with E-state index < -0.39 is 39.5 Å². The molecule has 0 aliphatic carbocycles. The molecule has 13 heteroatoms. The number of anilines is 1. The third kappa shape index (κ3) is 6.95. The van der Waals surface area contributed by atoms with Crippen molar-refractivity contribution in [3.63, 3.8) is 0 Å². The molecule has 3 heterocycles. The summed E-state index contributed by atoms with van der Waals surface area (Å²) in [7, 11) is -4.10. The Kier molecular flexibility index (Phi) is 8.79. The molecule has 1 aliphatic rings. The average Bonchev–Trinajstić information content (AvgIpc) is 3.52. The van der Waals surface area contributed by atoms with E-state index in [9.17, 15) is 30.8 Å². The number of hydrogen-bond donors (Lipinski definition) is 2. The fourth-order valence-electron chi connectivity index (χ4n) is 4.68. The van der Waals surface area contributed by atoms with Gasteiger partial charge in [0.2, 0.25) is 15.9 Å². The van der Waals surface area contributed by atoms with Gasteiger partial charge in [-0.25, -0.2) is 17.8 Å². The minimum atomic E-state index is -4.49. The number of alkyl halides is 3. The first-order valence-corrected chi connectivity index (χ1v) is 14.9. The van der Waals surface area contributed by atoms with Crippen LogP contribution in [0.3, 0.4) is 0 Å². The first kappa shape index (κ1) is 30.8. The van der Waals surface area contributed by atoms with Crippen LogP contribution in [0.25, 0.3) is 11.3 Å². The van der Waals surface area contributed by atoms with Crippen LogP contribution in [0, 0.1) is 5.82 Å². The van der Waals surface area contributed by atoms with E-state index in [1.54, 1.807) is 36.7 Å². The molecule has 0 radical (unpaired) electrons. The number of sulfonamides is 1. The van der Waals surface area contributed by atoms with Gasteiger partial charge in [-0.1, -0.05) is 30.4 Å². The van der Waals surface area contributed by atoms with Gasteiger partial charge in [0.25, 0.3) is 0 Å². The molecule has 1 aliphatic heterocycles. The predicted molar refractivity (Wildman–Crippen MR) is 156 cm³/mol. The molecule has 1 unspecified atom stereocenters. The molecule has 228 valence electrons. The van der Waals surface area contributed by atoms with Gasteiger partial charge >= 0.3 is 6.18 Å². The Bertz CT molecular complexity index is 1770. The summed E-state index contributed by atoms with van der Waals surface area (Å²) in [5.74, 6) is -0.769. The number of halogens is 4. The number of rotatable bonds is 9. The topological polar surface area (TPSA) is 104 Å². The van der Waals surface area contributed by atoms with Crippen molar-refractivity contribution in [3.8, 4) is 11.3 Å². The van der Waals surface area contributed by atoms with Gasteiger partial charge in [-0.3, -0.25) is 9.78 Å². The maximum Gasteiger partial charge on any atom is 0.416 e. The normalized spacial score (nSPS) is 16.1. The van der Waals surface area contributed by atoms with Crippen molar-refractivity contribution in [2.75, 3.05) is 11.9 Å². The summed E-state index contributed by atoms with van der Waals surface area (Å²) in [5.41, 5.74) is 1.45. The van der Waals surface area contributed by atoms with Crippen molar-refractivity contribution in [3.05, 3.63) is 120 Å². The quantitative estimate of drug-likeness (QED) is 0.182. The summed E-state index contributed by atoms with van der Waals surface area (Å²) in [4.78, 5) is 21.8. The molecular formula is C31H27F4N5O3S. The summed E-state index contributed by atoms with van der Waals surface area (Å²) in [5, 5.41) is 6.02. The molecule has 0 spiro atoms. The average molecular weight is 626 g/mol. The third-order valence-electron chi connectivity index (χ3n) is 7.01. The number of amides is 1. The lowest BCUT2D eigenvalue weighted by Gasteiger charge is -2.23. The summed E-state index contributed by atoms with van der Waals surface area (Å²) in [6, 6.07) is 14.6. The zero-order valence-corrected chi connectivity index (χ0v) is 24.1. The molecular weight excluding hydrogens is 598 g/mol. The molecule has 44 heavy (non-hydrogen) atoms. The molecule has 2 atom stereocenters. The van der Waals surface area contributed by atoms with E-state index >= 15 is 0 Å². The van der Waals surface area contributed by atoms with Crippen LogP contribution in [0.15, 0.2) is 102 Å². The summed E-state index contributed by atoms with van der Waals surface area (Å²) in [6.45, 7) is 1.83.